The quantitative estimate of drug-likeness (QED) is 0.740. The highest BCUT2D eigenvalue weighted by Crippen LogP contribution is 2.56. The van der Waals surface area contributed by atoms with Crippen LogP contribution in [0.4, 0.5) is 0 Å². The topological polar surface area (TPSA) is 27.7 Å². The van der Waals surface area contributed by atoms with Crippen molar-refractivity contribution in [2.24, 2.45) is 0 Å². The summed E-state index contributed by atoms with van der Waals surface area (Å²) >= 11 is 0. The molecule has 4 rings (SSSR count). The summed E-state index contributed by atoms with van der Waals surface area (Å²) in [4.78, 5) is 11.4. The maximum absolute atomic E-state index is 6.29. The molecule has 0 aromatic heterocycles. The van der Waals surface area contributed by atoms with Crippen molar-refractivity contribution in [3.63, 3.8) is 0 Å². The molecule has 3 atom stereocenters. The summed E-state index contributed by atoms with van der Waals surface area (Å²) in [6.07, 6.45) is 0. The number of ether oxygens (including phenoxy) is 1. The van der Waals surface area contributed by atoms with Gasteiger partial charge in [-0.15, -0.1) is 0 Å². The standard InChI is InChI=1S/C18H18O3/c1-12-8-10-14(11-9-12)18-16-7-5-4-6-15(16)13(2)17(3,19-18)20-21-18/h4-11,13H,1-3H3/t13?,17-,18+/m1/s1. The molecular formula is C18H18O3. The Morgan fingerprint density at radius 1 is 0.952 bits per heavy atom. The van der Waals surface area contributed by atoms with Gasteiger partial charge < -0.3 is 4.74 Å². The highest BCUT2D eigenvalue weighted by Gasteiger charge is 2.60. The lowest BCUT2D eigenvalue weighted by molar-refractivity contribution is -0.342. The molecule has 0 radical (unpaired) electrons. The molecule has 2 aliphatic rings. The second kappa shape index (κ2) is 4.17. The summed E-state index contributed by atoms with van der Waals surface area (Å²) in [5.74, 6) is -1.63. The molecule has 2 heterocycles. The molecule has 2 aromatic carbocycles. The molecule has 0 spiro atoms. The van der Waals surface area contributed by atoms with Crippen molar-refractivity contribution in [1.82, 2.24) is 0 Å². The third-order valence-electron chi connectivity index (χ3n) is 4.67. The Morgan fingerprint density at radius 3 is 2.43 bits per heavy atom. The normalized spacial score (nSPS) is 33.8. The Labute approximate surface area is 124 Å². The van der Waals surface area contributed by atoms with E-state index >= 15 is 0 Å². The van der Waals surface area contributed by atoms with Crippen molar-refractivity contribution >= 4 is 0 Å². The Morgan fingerprint density at radius 2 is 1.67 bits per heavy atom. The Balaban J connectivity index is 1.96. The molecule has 2 aromatic rings. The van der Waals surface area contributed by atoms with Crippen molar-refractivity contribution in [1.29, 1.82) is 0 Å². The van der Waals surface area contributed by atoms with Crippen LogP contribution in [-0.2, 0) is 20.3 Å². The number of fused-ring (bicyclic) bond motifs is 4. The average Bonchev–Trinajstić information content (AvgIpc) is 2.84. The molecule has 3 nitrogen and oxygen atoms in total. The minimum Gasteiger partial charge on any atom is -0.304 e. The maximum Gasteiger partial charge on any atom is 0.257 e. The van der Waals surface area contributed by atoms with Gasteiger partial charge in [-0.05, 0) is 19.4 Å². The molecule has 1 unspecified atom stereocenters. The lowest BCUT2D eigenvalue weighted by Crippen LogP contribution is -2.42. The summed E-state index contributed by atoms with van der Waals surface area (Å²) in [6.45, 7) is 6.10. The molecule has 0 aliphatic carbocycles. The first-order valence-corrected chi connectivity index (χ1v) is 7.29. The van der Waals surface area contributed by atoms with Crippen LogP contribution in [0.25, 0.3) is 0 Å². The van der Waals surface area contributed by atoms with Gasteiger partial charge in [0, 0.05) is 17.0 Å². The van der Waals surface area contributed by atoms with Gasteiger partial charge in [-0.2, -0.15) is 9.78 Å². The first-order chi connectivity index (χ1) is 10.1. The first-order valence-electron chi connectivity index (χ1n) is 7.29. The van der Waals surface area contributed by atoms with E-state index in [2.05, 4.69) is 38.1 Å². The number of hydrogen-bond donors (Lipinski definition) is 0. The lowest BCUT2D eigenvalue weighted by Gasteiger charge is -2.38. The number of aryl methyl sites for hydroxylation is 1. The van der Waals surface area contributed by atoms with E-state index in [1.54, 1.807) is 0 Å². The molecule has 0 N–H and O–H groups in total. The van der Waals surface area contributed by atoms with E-state index < -0.39 is 11.6 Å². The van der Waals surface area contributed by atoms with Gasteiger partial charge in [0.2, 0.25) is 5.79 Å². The average molecular weight is 282 g/mol. The van der Waals surface area contributed by atoms with Crippen LogP contribution < -0.4 is 0 Å². The van der Waals surface area contributed by atoms with Crippen LogP contribution in [0.3, 0.4) is 0 Å². The fraction of sp³-hybridized carbons (Fsp3) is 0.333. The van der Waals surface area contributed by atoms with Crippen LogP contribution in [0.15, 0.2) is 48.5 Å². The van der Waals surface area contributed by atoms with Crippen molar-refractivity contribution in [2.45, 2.75) is 38.3 Å². The van der Waals surface area contributed by atoms with Crippen molar-refractivity contribution in [2.75, 3.05) is 0 Å². The largest absolute Gasteiger partial charge is 0.304 e. The molecule has 1 saturated heterocycles. The van der Waals surface area contributed by atoms with E-state index in [-0.39, 0.29) is 5.92 Å². The molecule has 3 heteroatoms. The van der Waals surface area contributed by atoms with Gasteiger partial charge in [0.25, 0.3) is 5.79 Å². The van der Waals surface area contributed by atoms with Crippen molar-refractivity contribution in [3.8, 4) is 0 Å². The van der Waals surface area contributed by atoms with Crippen LogP contribution in [0.2, 0.25) is 0 Å². The number of rotatable bonds is 1. The minimum atomic E-state index is -0.967. The van der Waals surface area contributed by atoms with Crippen LogP contribution in [0, 0.1) is 6.92 Å². The molecule has 0 amide bonds. The van der Waals surface area contributed by atoms with Gasteiger partial charge in [0.15, 0.2) is 0 Å². The van der Waals surface area contributed by atoms with Gasteiger partial charge in [-0.1, -0.05) is 61.0 Å². The molecule has 21 heavy (non-hydrogen) atoms. The van der Waals surface area contributed by atoms with E-state index in [1.165, 1.54) is 11.1 Å². The van der Waals surface area contributed by atoms with Gasteiger partial charge in [-0.3, -0.25) is 0 Å². The van der Waals surface area contributed by atoms with E-state index in [4.69, 9.17) is 14.5 Å². The lowest BCUT2D eigenvalue weighted by atomic mass is 9.81. The van der Waals surface area contributed by atoms with Crippen LogP contribution in [0.1, 0.15) is 42.0 Å². The SMILES string of the molecule is Cc1ccc([C@@]23OO[C@@](C)(O2)C(C)c2ccccc23)cc1. The summed E-state index contributed by atoms with van der Waals surface area (Å²) in [6, 6.07) is 16.4. The molecule has 108 valence electrons. The van der Waals surface area contributed by atoms with E-state index in [9.17, 15) is 0 Å². The fourth-order valence-electron chi connectivity index (χ4n) is 3.21. The van der Waals surface area contributed by atoms with Gasteiger partial charge in [0.05, 0.1) is 0 Å². The Bertz CT molecular complexity index is 694. The highest BCUT2D eigenvalue weighted by atomic mass is 17.3. The Hall–Kier alpha value is -1.68. The molecule has 2 bridgehead atoms. The number of benzene rings is 2. The second-order valence-electron chi connectivity index (χ2n) is 6.08. The monoisotopic (exact) mass is 282 g/mol. The van der Waals surface area contributed by atoms with Crippen LogP contribution in [-0.4, -0.2) is 5.79 Å². The zero-order chi connectivity index (χ0) is 14.7. The highest BCUT2D eigenvalue weighted by molar-refractivity contribution is 5.44. The van der Waals surface area contributed by atoms with E-state index in [0.717, 1.165) is 11.1 Å². The van der Waals surface area contributed by atoms with Crippen molar-refractivity contribution < 1.29 is 14.5 Å². The van der Waals surface area contributed by atoms with E-state index in [1.807, 2.05) is 31.2 Å². The predicted molar refractivity (Wildman–Crippen MR) is 78.5 cm³/mol. The third-order valence-corrected chi connectivity index (χ3v) is 4.67. The van der Waals surface area contributed by atoms with Crippen molar-refractivity contribution in [3.05, 3.63) is 70.8 Å². The third kappa shape index (κ3) is 1.65. The molecule has 0 saturated carbocycles. The zero-order valence-corrected chi connectivity index (χ0v) is 12.4. The summed E-state index contributed by atoms with van der Waals surface area (Å²) in [7, 11) is 0. The first kappa shape index (κ1) is 13.0. The van der Waals surface area contributed by atoms with Gasteiger partial charge >= 0.3 is 0 Å². The van der Waals surface area contributed by atoms with Gasteiger partial charge in [0.1, 0.15) is 0 Å². The smallest absolute Gasteiger partial charge is 0.257 e. The number of hydrogen-bond acceptors (Lipinski definition) is 3. The molecule has 1 fully saturated rings. The van der Waals surface area contributed by atoms with E-state index in [0.29, 0.717) is 0 Å². The minimum absolute atomic E-state index is 0.106. The predicted octanol–water partition coefficient (Wildman–Crippen LogP) is 4.01. The van der Waals surface area contributed by atoms with Crippen LogP contribution in [0.5, 0.6) is 0 Å². The zero-order valence-electron chi connectivity index (χ0n) is 12.4. The molecular weight excluding hydrogens is 264 g/mol. The summed E-state index contributed by atoms with van der Waals surface area (Å²) in [5.41, 5.74) is 4.39. The second-order valence-corrected chi connectivity index (χ2v) is 6.08. The maximum atomic E-state index is 6.29. The van der Waals surface area contributed by atoms with Crippen LogP contribution >= 0.6 is 0 Å². The summed E-state index contributed by atoms with van der Waals surface area (Å²) in [5, 5.41) is 0. The fourth-order valence-corrected chi connectivity index (χ4v) is 3.21. The van der Waals surface area contributed by atoms with Gasteiger partial charge in [-0.25, -0.2) is 0 Å². The summed E-state index contributed by atoms with van der Waals surface area (Å²) < 4.78 is 6.29. The molecule has 2 aliphatic heterocycles. The Kier molecular flexibility index (Phi) is 2.58.